The van der Waals surface area contributed by atoms with Crippen molar-refractivity contribution in [3.63, 3.8) is 0 Å². The Labute approximate surface area is 82.9 Å². The summed E-state index contributed by atoms with van der Waals surface area (Å²) >= 11 is 0. The fraction of sp³-hybridized carbons (Fsp3) is 0.455. The summed E-state index contributed by atoms with van der Waals surface area (Å²) in [5, 5.41) is 0. The summed E-state index contributed by atoms with van der Waals surface area (Å²) in [4.78, 5) is 0. The van der Waals surface area contributed by atoms with Gasteiger partial charge in [-0.1, -0.05) is 6.07 Å². The van der Waals surface area contributed by atoms with E-state index in [1.54, 1.807) is 6.07 Å². The minimum absolute atomic E-state index is 0.197. The minimum atomic E-state index is -0.311. The van der Waals surface area contributed by atoms with Crippen LogP contribution < -0.4 is 10.5 Å². The van der Waals surface area contributed by atoms with E-state index in [-0.39, 0.29) is 11.4 Å². The number of hydrogen-bond donors (Lipinski definition) is 1. The molecule has 14 heavy (non-hydrogen) atoms. The summed E-state index contributed by atoms with van der Waals surface area (Å²) < 4.78 is 18.6. The first-order valence-corrected chi connectivity index (χ1v) is 4.77. The SMILES string of the molecule is Cc1ccc(OCC2(N)CC2)c(F)c1. The number of benzene rings is 1. The van der Waals surface area contributed by atoms with Gasteiger partial charge in [0, 0.05) is 0 Å². The Bertz CT molecular complexity index is 347. The van der Waals surface area contributed by atoms with E-state index in [9.17, 15) is 4.39 Å². The van der Waals surface area contributed by atoms with Gasteiger partial charge in [0.25, 0.3) is 0 Å². The number of aryl methyl sites for hydroxylation is 1. The minimum Gasteiger partial charge on any atom is -0.489 e. The zero-order chi connectivity index (χ0) is 10.2. The van der Waals surface area contributed by atoms with Gasteiger partial charge < -0.3 is 10.5 Å². The third kappa shape index (κ3) is 2.04. The van der Waals surface area contributed by atoms with E-state index >= 15 is 0 Å². The van der Waals surface area contributed by atoms with E-state index in [2.05, 4.69) is 0 Å². The predicted molar refractivity (Wildman–Crippen MR) is 52.8 cm³/mol. The Morgan fingerprint density at radius 2 is 2.21 bits per heavy atom. The molecule has 1 aromatic carbocycles. The molecule has 1 aliphatic carbocycles. The molecule has 0 atom stereocenters. The number of nitrogens with two attached hydrogens (primary N) is 1. The second-order valence-electron chi connectivity index (χ2n) is 4.08. The van der Waals surface area contributed by atoms with Gasteiger partial charge in [0.15, 0.2) is 11.6 Å². The number of halogens is 1. The van der Waals surface area contributed by atoms with Crippen molar-refractivity contribution >= 4 is 0 Å². The van der Waals surface area contributed by atoms with Gasteiger partial charge in [-0.15, -0.1) is 0 Å². The van der Waals surface area contributed by atoms with Gasteiger partial charge in [-0.2, -0.15) is 0 Å². The first-order valence-electron chi connectivity index (χ1n) is 4.77. The zero-order valence-corrected chi connectivity index (χ0v) is 8.22. The summed E-state index contributed by atoms with van der Waals surface area (Å²) in [5.74, 6) is -0.0124. The average molecular weight is 195 g/mol. The Morgan fingerprint density at radius 1 is 1.50 bits per heavy atom. The third-order valence-corrected chi connectivity index (χ3v) is 2.49. The first-order chi connectivity index (χ1) is 6.59. The quantitative estimate of drug-likeness (QED) is 0.800. The van der Waals surface area contributed by atoms with Crippen LogP contribution in [0.2, 0.25) is 0 Å². The zero-order valence-electron chi connectivity index (χ0n) is 8.22. The van der Waals surface area contributed by atoms with Crippen molar-refractivity contribution in [2.45, 2.75) is 25.3 Å². The molecule has 0 saturated heterocycles. The lowest BCUT2D eigenvalue weighted by molar-refractivity contribution is 0.267. The fourth-order valence-electron chi connectivity index (χ4n) is 1.25. The van der Waals surface area contributed by atoms with Crippen molar-refractivity contribution in [3.8, 4) is 5.75 Å². The lowest BCUT2D eigenvalue weighted by Gasteiger charge is -2.11. The maximum atomic E-state index is 13.3. The van der Waals surface area contributed by atoms with Gasteiger partial charge in [-0.25, -0.2) is 4.39 Å². The normalized spacial score (nSPS) is 17.9. The number of rotatable bonds is 3. The lowest BCUT2D eigenvalue weighted by atomic mass is 10.2. The van der Waals surface area contributed by atoms with Crippen LogP contribution in [0, 0.1) is 12.7 Å². The van der Waals surface area contributed by atoms with Crippen LogP contribution in [0.25, 0.3) is 0 Å². The predicted octanol–water partition coefficient (Wildman–Crippen LogP) is 2.00. The second-order valence-corrected chi connectivity index (χ2v) is 4.08. The molecule has 0 aromatic heterocycles. The van der Waals surface area contributed by atoms with Gasteiger partial charge >= 0.3 is 0 Å². The molecule has 2 N–H and O–H groups in total. The molecule has 0 unspecified atom stereocenters. The first kappa shape index (κ1) is 9.46. The van der Waals surface area contributed by atoms with E-state index in [4.69, 9.17) is 10.5 Å². The molecular weight excluding hydrogens is 181 g/mol. The van der Waals surface area contributed by atoms with E-state index in [0.29, 0.717) is 12.4 Å². The van der Waals surface area contributed by atoms with Crippen LogP contribution in [-0.4, -0.2) is 12.1 Å². The Hall–Kier alpha value is -1.09. The van der Waals surface area contributed by atoms with Gasteiger partial charge in [0.2, 0.25) is 0 Å². The monoisotopic (exact) mass is 195 g/mol. The van der Waals surface area contributed by atoms with E-state index in [0.717, 1.165) is 18.4 Å². The van der Waals surface area contributed by atoms with Crippen molar-refractivity contribution in [3.05, 3.63) is 29.6 Å². The van der Waals surface area contributed by atoms with Gasteiger partial charge in [-0.3, -0.25) is 0 Å². The smallest absolute Gasteiger partial charge is 0.165 e. The molecule has 0 heterocycles. The molecule has 3 heteroatoms. The van der Waals surface area contributed by atoms with Crippen molar-refractivity contribution in [1.29, 1.82) is 0 Å². The van der Waals surface area contributed by atoms with Gasteiger partial charge in [0.1, 0.15) is 6.61 Å². The second kappa shape index (κ2) is 3.24. The summed E-state index contributed by atoms with van der Waals surface area (Å²) in [6.07, 6.45) is 1.95. The Morgan fingerprint density at radius 3 is 2.79 bits per heavy atom. The van der Waals surface area contributed by atoms with Crippen LogP contribution in [0.1, 0.15) is 18.4 Å². The molecule has 1 fully saturated rings. The highest BCUT2D eigenvalue weighted by atomic mass is 19.1. The molecule has 0 aliphatic heterocycles. The van der Waals surface area contributed by atoms with E-state index < -0.39 is 0 Å². The molecule has 1 aromatic rings. The molecule has 0 spiro atoms. The van der Waals surface area contributed by atoms with Crippen molar-refractivity contribution in [2.24, 2.45) is 5.73 Å². The van der Waals surface area contributed by atoms with E-state index in [1.807, 2.05) is 13.0 Å². The molecule has 0 radical (unpaired) electrons. The topological polar surface area (TPSA) is 35.2 Å². The van der Waals surface area contributed by atoms with Crippen molar-refractivity contribution in [2.75, 3.05) is 6.61 Å². The highest BCUT2D eigenvalue weighted by molar-refractivity contribution is 5.28. The van der Waals surface area contributed by atoms with Crippen LogP contribution in [0.4, 0.5) is 4.39 Å². The molecule has 76 valence electrons. The Kier molecular flexibility index (Phi) is 2.19. The van der Waals surface area contributed by atoms with Crippen LogP contribution in [0.15, 0.2) is 18.2 Å². The molecule has 1 aliphatic rings. The summed E-state index contributed by atoms with van der Waals surface area (Å²) in [6.45, 7) is 2.26. The van der Waals surface area contributed by atoms with Gasteiger partial charge in [0.05, 0.1) is 5.54 Å². The molecule has 0 amide bonds. The highest BCUT2D eigenvalue weighted by Gasteiger charge is 2.39. The standard InChI is InChI=1S/C11H14FNO/c1-8-2-3-10(9(12)6-8)14-7-11(13)4-5-11/h2-3,6H,4-5,7,13H2,1H3. The van der Waals surface area contributed by atoms with E-state index in [1.165, 1.54) is 6.07 Å². The van der Waals surface area contributed by atoms with Crippen LogP contribution in [0.5, 0.6) is 5.75 Å². The molecule has 1 saturated carbocycles. The van der Waals surface area contributed by atoms with Crippen LogP contribution in [0.3, 0.4) is 0 Å². The summed E-state index contributed by atoms with van der Waals surface area (Å²) in [7, 11) is 0. The largest absolute Gasteiger partial charge is 0.489 e. The number of hydrogen-bond acceptors (Lipinski definition) is 2. The highest BCUT2D eigenvalue weighted by Crippen LogP contribution is 2.33. The summed E-state index contributed by atoms with van der Waals surface area (Å²) in [5.41, 5.74) is 6.52. The average Bonchev–Trinajstić information content (AvgIpc) is 2.83. The van der Waals surface area contributed by atoms with Crippen molar-refractivity contribution < 1.29 is 9.13 Å². The third-order valence-electron chi connectivity index (χ3n) is 2.49. The molecular formula is C11H14FNO. The molecule has 0 bridgehead atoms. The van der Waals surface area contributed by atoms with Crippen molar-refractivity contribution in [1.82, 2.24) is 0 Å². The lowest BCUT2D eigenvalue weighted by Crippen LogP contribution is -2.29. The number of ether oxygens (including phenoxy) is 1. The molecule has 2 rings (SSSR count). The van der Waals surface area contributed by atoms with Crippen LogP contribution in [-0.2, 0) is 0 Å². The van der Waals surface area contributed by atoms with Gasteiger partial charge in [-0.05, 0) is 37.5 Å². The summed E-state index contributed by atoms with van der Waals surface area (Å²) in [6, 6.07) is 4.94. The fourth-order valence-corrected chi connectivity index (χ4v) is 1.25. The maximum Gasteiger partial charge on any atom is 0.165 e. The van der Waals surface area contributed by atoms with Crippen LogP contribution >= 0.6 is 0 Å². The molecule has 2 nitrogen and oxygen atoms in total. The Balaban J connectivity index is 2.02. The maximum absolute atomic E-state index is 13.3.